The van der Waals surface area contributed by atoms with Gasteiger partial charge in [0.05, 0.1) is 10.9 Å². The summed E-state index contributed by atoms with van der Waals surface area (Å²) in [6.45, 7) is 0. The Labute approximate surface area is 169 Å². The zero-order chi connectivity index (χ0) is 21.3. The quantitative estimate of drug-likeness (QED) is 0.543. The fourth-order valence-corrected chi connectivity index (χ4v) is 3.05. The summed E-state index contributed by atoms with van der Waals surface area (Å²) in [6, 6.07) is 14.4. The third kappa shape index (κ3) is 3.53. The summed E-state index contributed by atoms with van der Waals surface area (Å²) in [7, 11) is 0. The number of nitrogens with zero attached hydrogens (tertiary/aromatic N) is 2. The van der Waals surface area contributed by atoms with Gasteiger partial charge in [0.15, 0.2) is 0 Å². The van der Waals surface area contributed by atoms with Gasteiger partial charge in [-0.3, -0.25) is 9.59 Å². The van der Waals surface area contributed by atoms with E-state index in [-0.39, 0.29) is 22.2 Å². The van der Waals surface area contributed by atoms with Crippen LogP contribution in [0.5, 0.6) is 0 Å². The predicted octanol–water partition coefficient (Wildman–Crippen LogP) is 3.48. The maximum Gasteiger partial charge on any atom is 0.335 e. The molecule has 4 rings (SSSR count). The van der Waals surface area contributed by atoms with E-state index in [4.69, 9.17) is 5.11 Å². The third-order valence-electron chi connectivity index (χ3n) is 4.48. The second kappa shape index (κ2) is 7.59. The molecule has 0 saturated carbocycles. The number of carbonyl (C=O) groups is 2. The van der Waals surface area contributed by atoms with Crippen molar-refractivity contribution >= 4 is 28.6 Å². The molecule has 2 aromatic heterocycles. The average molecular weight is 403 g/mol. The van der Waals surface area contributed by atoms with Gasteiger partial charge in [-0.25, -0.2) is 14.2 Å². The van der Waals surface area contributed by atoms with Crippen LogP contribution in [-0.2, 0) is 0 Å². The third-order valence-corrected chi connectivity index (χ3v) is 4.48. The van der Waals surface area contributed by atoms with Gasteiger partial charge in [-0.1, -0.05) is 6.07 Å². The molecule has 1 amide bonds. The smallest absolute Gasteiger partial charge is 0.335 e. The molecular weight excluding hydrogens is 389 g/mol. The molecule has 4 aromatic rings. The maximum absolute atomic E-state index is 13.3. The highest BCUT2D eigenvalue weighted by Gasteiger charge is 2.17. The summed E-state index contributed by atoms with van der Waals surface area (Å²) < 4.78 is 14.9. The summed E-state index contributed by atoms with van der Waals surface area (Å²) in [4.78, 5) is 41.1. The number of rotatable bonds is 4. The van der Waals surface area contributed by atoms with Crippen LogP contribution in [0.25, 0.3) is 16.7 Å². The molecule has 0 atom stereocenters. The number of amides is 1. The number of hydrogen-bond donors (Lipinski definition) is 2. The number of fused-ring (bicyclic) bond motifs is 1. The van der Waals surface area contributed by atoms with Crippen LogP contribution in [0.1, 0.15) is 20.7 Å². The summed E-state index contributed by atoms with van der Waals surface area (Å²) in [5.41, 5.74) is 0.377. The summed E-state index contributed by atoms with van der Waals surface area (Å²) >= 11 is 0. The van der Waals surface area contributed by atoms with Crippen molar-refractivity contribution in [1.82, 2.24) is 9.55 Å². The molecule has 2 N–H and O–H groups in total. The number of benzene rings is 2. The van der Waals surface area contributed by atoms with Gasteiger partial charge in [-0.05, 0) is 54.6 Å². The van der Waals surface area contributed by atoms with E-state index >= 15 is 0 Å². The van der Waals surface area contributed by atoms with Gasteiger partial charge in [0.2, 0.25) is 5.43 Å². The van der Waals surface area contributed by atoms with Gasteiger partial charge < -0.3 is 15.0 Å². The van der Waals surface area contributed by atoms with Gasteiger partial charge >= 0.3 is 5.97 Å². The fourth-order valence-electron chi connectivity index (χ4n) is 3.05. The van der Waals surface area contributed by atoms with Crippen LogP contribution in [0.15, 0.2) is 77.9 Å². The molecule has 0 saturated heterocycles. The van der Waals surface area contributed by atoms with Crippen molar-refractivity contribution in [2.24, 2.45) is 0 Å². The lowest BCUT2D eigenvalue weighted by atomic mass is 10.1. The molecule has 0 aliphatic heterocycles. The van der Waals surface area contributed by atoms with Crippen LogP contribution >= 0.6 is 0 Å². The molecule has 8 heteroatoms. The van der Waals surface area contributed by atoms with Crippen LogP contribution in [0.4, 0.5) is 10.1 Å². The first kappa shape index (κ1) is 19.0. The molecule has 0 radical (unpaired) electrons. The van der Waals surface area contributed by atoms with Crippen LogP contribution in [0.2, 0.25) is 0 Å². The Hall–Kier alpha value is -4.33. The van der Waals surface area contributed by atoms with E-state index in [1.165, 1.54) is 65.5 Å². The Morgan fingerprint density at radius 1 is 1.03 bits per heavy atom. The van der Waals surface area contributed by atoms with Gasteiger partial charge in [-0.15, -0.1) is 0 Å². The lowest BCUT2D eigenvalue weighted by Crippen LogP contribution is -2.24. The van der Waals surface area contributed by atoms with Crippen LogP contribution in [0.3, 0.4) is 0 Å². The van der Waals surface area contributed by atoms with Gasteiger partial charge in [-0.2, -0.15) is 0 Å². The highest BCUT2D eigenvalue weighted by Crippen LogP contribution is 2.18. The topological polar surface area (TPSA) is 101 Å². The first-order valence-electron chi connectivity index (χ1n) is 8.85. The minimum absolute atomic E-state index is 0.000709. The zero-order valence-corrected chi connectivity index (χ0v) is 15.4. The van der Waals surface area contributed by atoms with Crippen LogP contribution < -0.4 is 10.7 Å². The molecule has 2 heterocycles. The second-order valence-electron chi connectivity index (χ2n) is 6.43. The molecular formula is C22H14FN3O4. The Morgan fingerprint density at radius 3 is 2.53 bits per heavy atom. The van der Waals surface area contributed by atoms with E-state index in [0.717, 1.165) is 0 Å². The molecule has 30 heavy (non-hydrogen) atoms. The highest BCUT2D eigenvalue weighted by atomic mass is 19.1. The molecule has 0 aliphatic rings. The Balaban J connectivity index is 1.83. The van der Waals surface area contributed by atoms with Gasteiger partial charge in [0.25, 0.3) is 5.91 Å². The van der Waals surface area contributed by atoms with Gasteiger partial charge in [0, 0.05) is 23.8 Å². The van der Waals surface area contributed by atoms with E-state index in [2.05, 4.69) is 10.3 Å². The number of hydrogen-bond acceptors (Lipinski definition) is 4. The first-order valence-corrected chi connectivity index (χ1v) is 8.85. The number of carbonyl (C=O) groups excluding carboxylic acids is 1. The molecule has 7 nitrogen and oxygen atoms in total. The van der Waals surface area contributed by atoms with Gasteiger partial charge in [0.1, 0.15) is 17.0 Å². The first-order chi connectivity index (χ1) is 14.4. The average Bonchev–Trinajstić information content (AvgIpc) is 2.75. The Kier molecular flexibility index (Phi) is 4.81. The number of carboxylic acids is 1. The molecule has 148 valence electrons. The largest absolute Gasteiger partial charge is 0.478 e. The Morgan fingerprint density at radius 2 is 1.80 bits per heavy atom. The van der Waals surface area contributed by atoms with E-state index in [1.54, 1.807) is 12.1 Å². The zero-order valence-electron chi connectivity index (χ0n) is 15.4. The lowest BCUT2D eigenvalue weighted by Gasteiger charge is -2.13. The molecule has 0 bridgehead atoms. The number of nitrogens with one attached hydrogen (secondary N) is 1. The van der Waals surface area contributed by atoms with Crippen molar-refractivity contribution in [3.8, 4) is 5.69 Å². The van der Waals surface area contributed by atoms with Crippen molar-refractivity contribution in [3.63, 3.8) is 0 Å². The predicted molar refractivity (Wildman–Crippen MR) is 109 cm³/mol. The number of halogens is 1. The maximum atomic E-state index is 13.3. The minimum Gasteiger partial charge on any atom is -0.478 e. The molecule has 0 spiro atoms. The molecule has 0 fully saturated rings. The summed E-state index contributed by atoms with van der Waals surface area (Å²) in [5, 5.41) is 11.9. The number of aromatic carboxylic acids is 1. The summed E-state index contributed by atoms with van der Waals surface area (Å²) in [6.07, 6.45) is 2.85. The number of carboxylic acid groups (broad SMARTS) is 1. The monoisotopic (exact) mass is 403 g/mol. The lowest BCUT2D eigenvalue weighted by molar-refractivity contribution is 0.0696. The SMILES string of the molecule is O=C(O)c1cccc(NC(=O)c2cn(-c3ccc(F)cc3)c3ncccc3c2=O)c1. The number of pyridine rings is 2. The van der Waals surface area contributed by atoms with Crippen molar-refractivity contribution in [3.05, 3.63) is 100 Å². The van der Waals surface area contributed by atoms with Crippen molar-refractivity contribution in [2.75, 3.05) is 5.32 Å². The van der Waals surface area contributed by atoms with Crippen LogP contribution in [-0.4, -0.2) is 26.5 Å². The van der Waals surface area contributed by atoms with Crippen molar-refractivity contribution in [2.45, 2.75) is 0 Å². The number of aromatic nitrogens is 2. The second-order valence-corrected chi connectivity index (χ2v) is 6.43. The number of anilines is 1. The van der Waals surface area contributed by atoms with E-state index in [1.807, 2.05) is 0 Å². The minimum atomic E-state index is -1.14. The normalized spacial score (nSPS) is 10.7. The van der Waals surface area contributed by atoms with E-state index < -0.39 is 23.1 Å². The molecule has 0 aliphatic carbocycles. The molecule has 2 aromatic carbocycles. The standard InChI is InChI=1S/C22H14FN3O4/c23-14-6-8-16(9-7-14)26-12-18(19(27)17-5-2-10-24-20(17)26)21(28)25-15-4-1-3-13(11-15)22(29)30/h1-12H,(H,25,28)(H,29,30). The molecule has 0 unspecified atom stereocenters. The van der Waals surface area contributed by atoms with Crippen molar-refractivity contribution in [1.29, 1.82) is 0 Å². The van der Waals surface area contributed by atoms with Crippen LogP contribution in [0, 0.1) is 5.82 Å². The van der Waals surface area contributed by atoms with E-state index in [9.17, 15) is 18.8 Å². The Bertz CT molecular complexity index is 1350. The summed E-state index contributed by atoms with van der Waals surface area (Å²) in [5.74, 6) is -2.26. The fraction of sp³-hybridized carbons (Fsp3) is 0. The highest BCUT2D eigenvalue weighted by molar-refractivity contribution is 6.06. The van der Waals surface area contributed by atoms with Crippen molar-refractivity contribution < 1.29 is 19.1 Å². The van der Waals surface area contributed by atoms with E-state index in [0.29, 0.717) is 11.3 Å².